The summed E-state index contributed by atoms with van der Waals surface area (Å²) in [4.78, 5) is 25.9. The fraction of sp³-hybridized carbons (Fsp3) is 0.647. The van der Waals surface area contributed by atoms with E-state index in [1.807, 2.05) is 34.8 Å². The normalized spacial score (nSPS) is 26.8. The topological polar surface area (TPSA) is 72.8 Å². The molecular formula is C17H25N3O4. The number of carbonyl (C=O) groups excluding carboxylic acids is 2. The van der Waals surface area contributed by atoms with Crippen LogP contribution in [-0.2, 0) is 21.3 Å². The lowest BCUT2D eigenvalue weighted by Crippen LogP contribution is -2.50. The first kappa shape index (κ1) is 17.0. The predicted molar refractivity (Wildman–Crippen MR) is 87.7 cm³/mol. The van der Waals surface area contributed by atoms with Crippen LogP contribution in [0.3, 0.4) is 0 Å². The second kappa shape index (κ2) is 6.94. The summed E-state index contributed by atoms with van der Waals surface area (Å²) >= 11 is 0. The minimum atomic E-state index is -0.341. The molecule has 1 spiro atoms. The molecule has 7 nitrogen and oxygen atoms in total. The molecule has 1 aromatic rings. The molecule has 2 saturated heterocycles. The molecule has 1 N–H and O–H groups in total. The van der Waals surface area contributed by atoms with Gasteiger partial charge < -0.3 is 24.3 Å². The third-order valence-electron chi connectivity index (χ3n) is 4.89. The molecule has 0 bridgehead atoms. The number of nitrogens with one attached hydrogen (secondary N) is 1. The van der Waals surface area contributed by atoms with Gasteiger partial charge in [-0.15, -0.1) is 0 Å². The van der Waals surface area contributed by atoms with Crippen LogP contribution in [0, 0.1) is 0 Å². The Balaban J connectivity index is 1.60. The smallest absolute Gasteiger partial charge is 0.270 e. The first-order chi connectivity index (χ1) is 11.5. The number of amides is 2. The van der Waals surface area contributed by atoms with E-state index < -0.39 is 0 Å². The maximum absolute atomic E-state index is 12.7. The second-order valence-corrected chi connectivity index (χ2v) is 6.64. The monoisotopic (exact) mass is 335 g/mol. The molecule has 2 amide bonds. The van der Waals surface area contributed by atoms with Gasteiger partial charge in [0.1, 0.15) is 12.3 Å². The number of aryl methyl sites for hydroxylation is 1. The van der Waals surface area contributed by atoms with Crippen molar-refractivity contribution in [2.45, 2.75) is 31.0 Å². The number of carbonyl (C=O) groups is 2. The third-order valence-corrected chi connectivity index (χ3v) is 4.89. The Kier molecular flexibility index (Phi) is 4.91. The quantitative estimate of drug-likeness (QED) is 0.872. The standard InChI is InChI=1S/C17H25N3O4/c1-18-15(21)11-23-13-9-17(24-10-13)6-4-8-20(12-17)16(22)14-5-3-7-19(14)2/h3,5,7,13H,4,6,8-12H2,1-2H3,(H,18,21)/t13-,17+/m0/s1. The molecule has 2 fully saturated rings. The maximum atomic E-state index is 12.7. The summed E-state index contributed by atoms with van der Waals surface area (Å²) in [6, 6.07) is 3.72. The molecule has 2 aliphatic rings. The van der Waals surface area contributed by atoms with Crippen molar-refractivity contribution in [3.63, 3.8) is 0 Å². The number of rotatable bonds is 4. The van der Waals surface area contributed by atoms with Crippen LogP contribution in [0.15, 0.2) is 18.3 Å². The summed E-state index contributed by atoms with van der Waals surface area (Å²) in [5.41, 5.74) is 0.351. The Morgan fingerprint density at radius 2 is 2.33 bits per heavy atom. The van der Waals surface area contributed by atoms with Crippen LogP contribution in [0.2, 0.25) is 0 Å². The Hall–Kier alpha value is -1.86. The summed E-state index contributed by atoms with van der Waals surface area (Å²) in [6.45, 7) is 1.85. The van der Waals surface area contributed by atoms with Gasteiger partial charge >= 0.3 is 0 Å². The first-order valence-electron chi connectivity index (χ1n) is 8.40. The van der Waals surface area contributed by atoms with E-state index in [0.29, 0.717) is 18.8 Å². The molecular weight excluding hydrogens is 310 g/mol. The van der Waals surface area contributed by atoms with Crippen LogP contribution < -0.4 is 5.32 Å². The largest absolute Gasteiger partial charge is 0.370 e. The van der Waals surface area contributed by atoms with Crippen LogP contribution in [0.1, 0.15) is 29.8 Å². The fourth-order valence-electron chi connectivity index (χ4n) is 3.58. The molecule has 132 valence electrons. The summed E-state index contributed by atoms with van der Waals surface area (Å²) in [5, 5.41) is 2.54. The van der Waals surface area contributed by atoms with Gasteiger partial charge in [-0.25, -0.2) is 0 Å². The van der Waals surface area contributed by atoms with Crippen LogP contribution in [-0.4, -0.2) is 66.3 Å². The maximum Gasteiger partial charge on any atom is 0.270 e. The van der Waals surface area contributed by atoms with Gasteiger partial charge in [0.05, 0.1) is 24.9 Å². The summed E-state index contributed by atoms with van der Waals surface area (Å²) < 4.78 is 13.5. The minimum Gasteiger partial charge on any atom is -0.370 e. The second-order valence-electron chi connectivity index (χ2n) is 6.64. The van der Waals surface area contributed by atoms with Crippen molar-refractivity contribution in [3.05, 3.63) is 24.0 Å². The number of hydrogen-bond donors (Lipinski definition) is 1. The lowest BCUT2D eigenvalue weighted by Gasteiger charge is -2.39. The zero-order valence-corrected chi connectivity index (χ0v) is 14.3. The van der Waals surface area contributed by atoms with Crippen molar-refractivity contribution in [2.75, 3.05) is 33.4 Å². The molecule has 0 radical (unpaired) electrons. The van der Waals surface area contributed by atoms with E-state index in [2.05, 4.69) is 5.32 Å². The molecule has 3 heterocycles. The number of aromatic nitrogens is 1. The van der Waals surface area contributed by atoms with Gasteiger partial charge in [0.25, 0.3) is 5.91 Å². The van der Waals surface area contributed by atoms with Crippen molar-refractivity contribution in [1.29, 1.82) is 0 Å². The zero-order chi connectivity index (χ0) is 17.2. The van der Waals surface area contributed by atoms with Crippen molar-refractivity contribution in [2.24, 2.45) is 7.05 Å². The van der Waals surface area contributed by atoms with E-state index in [0.717, 1.165) is 25.8 Å². The fourth-order valence-corrected chi connectivity index (χ4v) is 3.58. The van der Waals surface area contributed by atoms with Crippen molar-refractivity contribution in [1.82, 2.24) is 14.8 Å². The van der Waals surface area contributed by atoms with Gasteiger partial charge in [-0.3, -0.25) is 9.59 Å². The number of hydrogen-bond acceptors (Lipinski definition) is 4. The Morgan fingerprint density at radius 1 is 1.50 bits per heavy atom. The van der Waals surface area contributed by atoms with Crippen LogP contribution in [0.5, 0.6) is 0 Å². The number of piperidine rings is 1. The van der Waals surface area contributed by atoms with E-state index in [1.165, 1.54) is 0 Å². The third kappa shape index (κ3) is 3.47. The molecule has 24 heavy (non-hydrogen) atoms. The van der Waals surface area contributed by atoms with Gasteiger partial charge in [-0.2, -0.15) is 0 Å². The summed E-state index contributed by atoms with van der Waals surface area (Å²) in [6.07, 6.45) is 4.34. The number of likely N-dealkylation sites (tertiary alicyclic amines) is 1. The predicted octanol–water partition coefficient (Wildman–Crippen LogP) is 0.551. The highest BCUT2D eigenvalue weighted by Crippen LogP contribution is 2.36. The highest BCUT2D eigenvalue weighted by atomic mass is 16.6. The first-order valence-corrected chi connectivity index (χ1v) is 8.40. The van der Waals surface area contributed by atoms with Crippen LogP contribution in [0.4, 0.5) is 0 Å². The van der Waals surface area contributed by atoms with Crippen LogP contribution in [0.25, 0.3) is 0 Å². The van der Waals surface area contributed by atoms with Gasteiger partial charge in [0.15, 0.2) is 0 Å². The number of ether oxygens (including phenoxy) is 2. The lowest BCUT2D eigenvalue weighted by atomic mass is 9.89. The average molecular weight is 335 g/mol. The van der Waals surface area contributed by atoms with Crippen molar-refractivity contribution >= 4 is 11.8 Å². The molecule has 0 unspecified atom stereocenters. The SMILES string of the molecule is CNC(=O)CO[C@@H]1CO[C@]2(CCCN(C(=O)c3cccn3C)C2)C1. The van der Waals surface area contributed by atoms with E-state index in [9.17, 15) is 9.59 Å². The summed E-state index contributed by atoms with van der Waals surface area (Å²) in [5.74, 6) is -0.0972. The van der Waals surface area contributed by atoms with Gasteiger partial charge in [0.2, 0.25) is 5.91 Å². The van der Waals surface area contributed by atoms with Gasteiger partial charge in [-0.1, -0.05) is 0 Å². The van der Waals surface area contributed by atoms with E-state index in [1.54, 1.807) is 7.05 Å². The molecule has 1 aromatic heterocycles. The number of nitrogens with zero attached hydrogens (tertiary/aromatic N) is 2. The lowest BCUT2D eigenvalue weighted by molar-refractivity contribution is -0.127. The molecule has 0 aromatic carbocycles. The van der Waals surface area contributed by atoms with E-state index in [4.69, 9.17) is 9.47 Å². The highest BCUT2D eigenvalue weighted by molar-refractivity contribution is 5.92. The Bertz CT molecular complexity index is 615. The average Bonchev–Trinajstić information content (AvgIpc) is 3.18. The molecule has 2 atom stereocenters. The van der Waals surface area contributed by atoms with Crippen molar-refractivity contribution in [3.8, 4) is 0 Å². The van der Waals surface area contributed by atoms with Crippen LogP contribution >= 0.6 is 0 Å². The molecule has 3 rings (SSSR count). The van der Waals surface area contributed by atoms with Gasteiger partial charge in [0, 0.05) is 33.3 Å². The molecule has 0 saturated carbocycles. The number of likely N-dealkylation sites (N-methyl/N-ethyl adjacent to an activating group) is 1. The molecule has 0 aliphatic carbocycles. The van der Waals surface area contributed by atoms with Gasteiger partial charge in [-0.05, 0) is 25.0 Å². The molecule has 2 aliphatic heterocycles. The minimum absolute atomic E-state index is 0.0416. The summed E-state index contributed by atoms with van der Waals surface area (Å²) in [7, 11) is 3.47. The highest BCUT2D eigenvalue weighted by Gasteiger charge is 2.45. The Labute approximate surface area is 141 Å². The van der Waals surface area contributed by atoms with E-state index >= 15 is 0 Å². The van der Waals surface area contributed by atoms with Crippen molar-refractivity contribution < 1.29 is 19.1 Å². The Morgan fingerprint density at radius 3 is 3.04 bits per heavy atom. The zero-order valence-electron chi connectivity index (χ0n) is 14.3. The molecule has 7 heteroatoms. The van der Waals surface area contributed by atoms with E-state index in [-0.39, 0.29) is 30.1 Å².